The summed E-state index contributed by atoms with van der Waals surface area (Å²) in [4.78, 5) is 52.8. The summed E-state index contributed by atoms with van der Waals surface area (Å²) in [6.45, 7) is -1.02. The number of hydrogen-bond acceptors (Lipinski definition) is 21. The van der Waals surface area contributed by atoms with E-state index in [0.29, 0.717) is 36.4 Å². The molecule has 55 heavy (non-hydrogen) atoms. The maximum absolute atomic E-state index is 13.4. The number of rotatable bonds is 9. The molecule has 21 nitrogen and oxygen atoms in total. The zero-order chi connectivity index (χ0) is 40.5. The summed E-state index contributed by atoms with van der Waals surface area (Å²) in [6.07, 6.45) is -10.9. The van der Waals surface area contributed by atoms with Crippen LogP contribution < -0.4 is 0 Å². The Morgan fingerprint density at radius 2 is 0.855 bits per heavy atom. The maximum atomic E-state index is 13.4. The predicted molar refractivity (Wildman–Crippen MR) is 173 cm³/mol. The van der Waals surface area contributed by atoms with Gasteiger partial charge in [0, 0.05) is 0 Å². The van der Waals surface area contributed by atoms with Crippen LogP contribution in [0.15, 0.2) is 54.6 Å². The minimum absolute atomic E-state index is 0.456. The normalized spacial score (nSPS) is 19.2. The van der Waals surface area contributed by atoms with Gasteiger partial charge in [-0.15, -0.1) is 0 Å². The van der Waals surface area contributed by atoms with Crippen LogP contribution in [-0.4, -0.2) is 122 Å². The summed E-state index contributed by atoms with van der Waals surface area (Å²) in [5, 5.41) is 119. The highest BCUT2D eigenvalue weighted by Crippen LogP contribution is 2.39. The lowest BCUT2D eigenvalue weighted by Gasteiger charge is -2.42. The first kappa shape index (κ1) is 38.7. The number of phenolic OH excluding ortho intramolecular Hbond substituents is 11. The summed E-state index contributed by atoms with van der Waals surface area (Å²) < 4.78 is 26.9. The van der Waals surface area contributed by atoms with Crippen LogP contribution in [0.1, 0.15) is 41.4 Å². The van der Waals surface area contributed by atoms with Crippen molar-refractivity contribution in [3.63, 3.8) is 0 Å². The number of hydrogen-bond donors (Lipinski definition) is 12. The third-order valence-electron chi connectivity index (χ3n) is 7.83. The van der Waals surface area contributed by atoms with Gasteiger partial charge in [-0.05, 0) is 54.6 Å². The van der Waals surface area contributed by atoms with Crippen molar-refractivity contribution in [2.75, 3.05) is 6.61 Å². The van der Waals surface area contributed by atoms with Crippen LogP contribution in [0.2, 0.25) is 0 Å². The fourth-order valence-corrected chi connectivity index (χ4v) is 5.00. The molecule has 0 bridgehead atoms. The second-order valence-electron chi connectivity index (χ2n) is 11.6. The molecule has 1 aliphatic heterocycles. The zero-order valence-electron chi connectivity index (χ0n) is 27.3. The van der Waals surface area contributed by atoms with Gasteiger partial charge in [-0.2, -0.15) is 0 Å². The van der Waals surface area contributed by atoms with Gasteiger partial charge in [-0.25, -0.2) is 19.2 Å². The van der Waals surface area contributed by atoms with Crippen molar-refractivity contribution in [1.29, 1.82) is 0 Å². The van der Waals surface area contributed by atoms with Gasteiger partial charge in [-0.3, -0.25) is 0 Å². The summed E-state index contributed by atoms with van der Waals surface area (Å²) in [5.74, 6) is -16.0. The lowest BCUT2D eigenvalue weighted by molar-refractivity contribution is -0.283. The molecule has 1 fully saturated rings. The number of benzene rings is 4. The molecule has 0 spiro atoms. The van der Waals surface area contributed by atoms with Gasteiger partial charge in [0.25, 0.3) is 0 Å². The Labute approximate surface area is 305 Å². The molecule has 0 saturated carbocycles. The molecular formula is C34H28O21. The monoisotopic (exact) mass is 772 g/mol. The Morgan fingerprint density at radius 3 is 1.29 bits per heavy atom. The highest BCUT2D eigenvalue weighted by atomic mass is 16.7. The van der Waals surface area contributed by atoms with Gasteiger partial charge in [0.05, 0.1) is 22.3 Å². The molecule has 21 heteroatoms. The third kappa shape index (κ3) is 8.11. The van der Waals surface area contributed by atoms with Crippen LogP contribution >= 0.6 is 0 Å². The van der Waals surface area contributed by atoms with E-state index in [1.807, 2.05) is 0 Å². The fraction of sp³-hybridized carbons (Fsp3) is 0.176. The third-order valence-corrected chi connectivity index (χ3v) is 7.83. The number of aliphatic hydroxyl groups excluding tert-OH is 1. The number of aromatic hydroxyl groups is 11. The lowest BCUT2D eigenvalue weighted by Crippen LogP contribution is -2.62. The van der Waals surface area contributed by atoms with Crippen LogP contribution in [-0.2, 0) is 23.7 Å². The molecule has 0 aliphatic carbocycles. The number of aliphatic hydroxyl groups is 1. The molecule has 0 radical (unpaired) electrons. The average Bonchev–Trinajstić information content (AvgIpc) is 3.13. The van der Waals surface area contributed by atoms with Gasteiger partial charge in [0.2, 0.25) is 12.4 Å². The second kappa shape index (κ2) is 15.2. The van der Waals surface area contributed by atoms with Gasteiger partial charge in [0.15, 0.2) is 69.3 Å². The standard InChI is InChI=1S/C34H28O21/c35-15-2-1-11(3-16(15)36)31(48)55-34-29(54-33(50)14-8-21(41)26(45)22(42)9-14)28(53-32(49)13-6-19(39)25(44)20(40)7-13)27(46)23(52-34)10-51-30(47)12-4-17(37)24(43)18(38)5-12/h1-9,23,27-29,34-46H,10H2. The quantitative estimate of drug-likeness (QED) is 0.0641. The first-order valence-electron chi connectivity index (χ1n) is 15.3. The maximum Gasteiger partial charge on any atom is 0.340 e. The molecule has 5 unspecified atom stereocenters. The van der Waals surface area contributed by atoms with Gasteiger partial charge < -0.3 is 85.0 Å². The Morgan fingerprint density at radius 1 is 0.473 bits per heavy atom. The highest BCUT2D eigenvalue weighted by Gasteiger charge is 2.52. The molecule has 5 atom stereocenters. The molecule has 1 saturated heterocycles. The van der Waals surface area contributed by atoms with Crippen LogP contribution in [0.5, 0.6) is 63.2 Å². The summed E-state index contributed by atoms with van der Waals surface area (Å²) in [7, 11) is 0. The molecule has 1 aliphatic rings. The van der Waals surface area contributed by atoms with Crippen LogP contribution in [0, 0.1) is 0 Å². The largest absolute Gasteiger partial charge is 0.504 e. The van der Waals surface area contributed by atoms with Crippen molar-refractivity contribution in [2.24, 2.45) is 0 Å². The fourth-order valence-electron chi connectivity index (χ4n) is 5.00. The van der Waals surface area contributed by atoms with Gasteiger partial charge in [0.1, 0.15) is 18.8 Å². The smallest absolute Gasteiger partial charge is 0.340 e. The van der Waals surface area contributed by atoms with Crippen LogP contribution in [0.25, 0.3) is 0 Å². The molecule has 1 heterocycles. The van der Waals surface area contributed by atoms with Crippen molar-refractivity contribution >= 4 is 23.9 Å². The lowest BCUT2D eigenvalue weighted by atomic mass is 9.98. The SMILES string of the molecule is O=C(OCC1OC(OC(=O)c2ccc(O)c(O)c2)C(OC(=O)c2cc(O)c(O)c(O)c2)C(OC(=O)c2cc(O)c(O)c(O)c2)C1O)c1cc(O)c(O)c(O)c1. The molecule has 12 N–H and O–H groups in total. The number of carbonyl (C=O) groups excluding carboxylic acids is 4. The van der Waals surface area contributed by atoms with Crippen molar-refractivity contribution in [3.8, 4) is 63.2 Å². The Bertz CT molecular complexity index is 2110. The number of phenols is 11. The van der Waals surface area contributed by atoms with E-state index in [-0.39, 0.29) is 0 Å². The van der Waals surface area contributed by atoms with Crippen molar-refractivity contribution in [3.05, 3.63) is 76.9 Å². The van der Waals surface area contributed by atoms with Crippen molar-refractivity contribution < 1.29 is 104 Å². The molecule has 0 aromatic heterocycles. The number of esters is 4. The molecule has 0 amide bonds. The highest BCUT2D eigenvalue weighted by molar-refractivity contribution is 5.93. The second-order valence-corrected chi connectivity index (χ2v) is 11.6. The first-order chi connectivity index (χ1) is 25.9. The van der Waals surface area contributed by atoms with E-state index in [9.17, 15) is 80.5 Å². The van der Waals surface area contributed by atoms with E-state index < -0.39 is 147 Å². The summed E-state index contributed by atoms with van der Waals surface area (Å²) >= 11 is 0. The summed E-state index contributed by atoms with van der Waals surface area (Å²) in [5.41, 5.74) is -2.34. The van der Waals surface area contributed by atoms with E-state index in [1.54, 1.807) is 0 Å². The van der Waals surface area contributed by atoms with E-state index in [1.165, 1.54) is 0 Å². The molecule has 4 aromatic rings. The number of carbonyl (C=O) groups is 4. The van der Waals surface area contributed by atoms with E-state index >= 15 is 0 Å². The summed E-state index contributed by atoms with van der Waals surface area (Å²) in [6, 6.07) is 6.54. The van der Waals surface area contributed by atoms with E-state index in [0.717, 1.165) is 18.2 Å². The Hall–Kier alpha value is -7.52. The van der Waals surface area contributed by atoms with Crippen LogP contribution in [0.4, 0.5) is 0 Å². The molecule has 5 rings (SSSR count). The van der Waals surface area contributed by atoms with Gasteiger partial charge >= 0.3 is 23.9 Å². The first-order valence-corrected chi connectivity index (χ1v) is 15.3. The Balaban J connectivity index is 1.54. The molecular weight excluding hydrogens is 744 g/mol. The van der Waals surface area contributed by atoms with Crippen LogP contribution in [0.3, 0.4) is 0 Å². The van der Waals surface area contributed by atoms with Crippen molar-refractivity contribution in [2.45, 2.75) is 30.7 Å². The Kier molecular flexibility index (Phi) is 10.7. The minimum Gasteiger partial charge on any atom is -0.504 e. The van der Waals surface area contributed by atoms with E-state index in [4.69, 9.17) is 23.7 Å². The zero-order valence-corrected chi connectivity index (χ0v) is 27.3. The van der Waals surface area contributed by atoms with E-state index in [2.05, 4.69) is 0 Å². The average molecular weight is 773 g/mol. The van der Waals surface area contributed by atoms with Gasteiger partial charge in [-0.1, -0.05) is 0 Å². The number of ether oxygens (including phenoxy) is 5. The molecule has 4 aromatic carbocycles. The van der Waals surface area contributed by atoms with Crippen molar-refractivity contribution in [1.82, 2.24) is 0 Å². The predicted octanol–water partition coefficient (Wildman–Crippen LogP) is 0.999. The minimum atomic E-state index is -2.28. The molecule has 290 valence electrons. The topological polar surface area (TPSA) is 357 Å².